The van der Waals surface area contributed by atoms with Gasteiger partial charge in [-0.25, -0.2) is 8.42 Å². The van der Waals surface area contributed by atoms with Crippen molar-refractivity contribution < 1.29 is 8.42 Å². The minimum Gasteiger partial charge on any atom is -0.316 e. The molecule has 3 rings (SSSR count). The minimum atomic E-state index is -3.33. The highest BCUT2D eigenvalue weighted by atomic mass is 32.2. The van der Waals surface area contributed by atoms with Crippen molar-refractivity contribution in [2.75, 3.05) is 13.6 Å². The molecule has 0 heterocycles. The third kappa shape index (κ3) is 3.05. The van der Waals surface area contributed by atoms with E-state index in [9.17, 15) is 8.42 Å². The van der Waals surface area contributed by atoms with E-state index in [1.807, 2.05) is 19.2 Å². The molecule has 0 saturated heterocycles. The number of rotatable bonds is 7. The second kappa shape index (κ2) is 5.47. The zero-order valence-corrected chi connectivity index (χ0v) is 12.7. The monoisotopic (exact) mass is 294 g/mol. The van der Waals surface area contributed by atoms with Gasteiger partial charge in [0.15, 0.2) is 0 Å². The van der Waals surface area contributed by atoms with E-state index in [2.05, 4.69) is 5.32 Å². The zero-order chi connectivity index (χ0) is 14.2. The Morgan fingerprint density at radius 3 is 2.60 bits per heavy atom. The highest BCUT2D eigenvalue weighted by molar-refractivity contribution is 7.89. The Balaban J connectivity index is 1.86. The number of nitrogens with one attached hydrogen (secondary N) is 1. The molecule has 2 aliphatic rings. The number of sulfonamides is 1. The van der Waals surface area contributed by atoms with Crippen LogP contribution in [0.15, 0.2) is 29.2 Å². The third-order valence-electron chi connectivity index (χ3n) is 3.98. The summed E-state index contributed by atoms with van der Waals surface area (Å²) in [5, 5.41) is 3.06. The van der Waals surface area contributed by atoms with Crippen LogP contribution in [-0.2, 0) is 16.6 Å². The second-order valence-corrected chi connectivity index (χ2v) is 7.82. The smallest absolute Gasteiger partial charge is 0.243 e. The summed E-state index contributed by atoms with van der Waals surface area (Å²) in [6, 6.07) is 7.55. The maximum absolute atomic E-state index is 12.8. The van der Waals surface area contributed by atoms with E-state index in [-0.39, 0.29) is 6.04 Å². The molecule has 1 aromatic rings. The van der Waals surface area contributed by atoms with Crippen molar-refractivity contribution in [1.29, 1.82) is 0 Å². The average molecular weight is 294 g/mol. The van der Waals surface area contributed by atoms with E-state index >= 15 is 0 Å². The van der Waals surface area contributed by atoms with Crippen LogP contribution >= 0.6 is 0 Å². The molecule has 0 atom stereocenters. The molecule has 2 saturated carbocycles. The Hall–Kier alpha value is -0.910. The van der Waals surface area contributed by atoms with Crippen LogP contribution in [0.3, 0.4) is 0 Å². The predicted octanol–water partition coefficient (Wildman–Crippen LogP) is 1.97. The number of hydrogen-bond acceptors (Lipinski definition) is 3. The third-order valence-corrected chi connectivity index (χ3v) is 5.89. The van der Waals surface area contributed by atoms with Gasteiger partial charge < -0.3 is 5.32 Å². The first kappa shape index (κ1) is 14.0. The molecule has 1 aromatic carbocycles. The van der Waals surface area contributed by atoms with Crippen LogP contribution in [0, 0.1) is 5.92 Å². The van der Waals surface area contributed by atoms with Gasteiger partial charge in [0, 0.05) is 19.1 Å². The van der Waals surface area contributed by atoms with Gasteiger partial charge in [0.2, 0.25) is 10.0 Å². The molecule has 0 aromatic heterocycles. The van der Waals surface area contributed by atoms with Gasteiger partial charge in [-0.1, -0.05) is 12.1 Å². The quantitative estimate of drug-likeness (QED) is 0.836. The van der Waals surface area contributed by atoms with Gasteiger partial charge in [-0.05, 0) is 56.3 Å². The fourth-order valence-electron chi connectivity index (χ4n) is 2.52. The molecule has 0 bridgehead atoms. The van der Waals surface area contributed by atoms with Crippen LogP contribution in [0.1, 0.15) is 31.2 Å². The first-order valence-electron chi connectivity index (χ1n) is 7.36. The molecule has 110 valence electrons. The fourth-order valence-corrected chi connectivity index (χ4v) is 4.35. The zero-order valence-electron chi connectivity index (χ0n) is 11.9. The lowest BCUT2D eigenvalue weighted by Gasteiger charge is -2.22. The van der Waals surface area contributed by atoms with Gasteiger partial charge in [0.25, 0.3) is 0 Å². The molecule has 1 N–H and O–H groups in total. The standard InChI is InChI=1S/C15H22N2O2S/c1-16-10-13-3-2-4-15(9-13)20(18,19)17(14-7-8-14)11-12-5-6-12/h2-4,9,12,14,16H,5-8,10-11H2,1H3. The number of hydrogen-bond donors (Lipinski definition) is 1. The van der Waals surface area contributed by atoms with E-state index in [0.29, 0.717) is 23.9 Å². The van der Waals surface area contributed by atoms with E-state index < -0.39 is 10.0 Å². The van der Waals surface area contributed by atoms with Crippen LogP contribution in [0.4, 0.5) is 0 Å². The van der Waals surface area contributed by atoms with Gasteiger partial charge >= 0.3 is 0 Å². The van der Waals surface area contributed by atoms with Gasteiger partial charge in [0.05, 0.1) is 4.90 Å². The first-order valence-corrected chi connectivity index (χ1v) is 8.80. The summed E-state index contributed by atoms with van der Waals surface area (Å²) in [5.74, 6) is 0.589. The van der Waals surface area contributed by atoms with E-state index in [0.717, 1.165) is 18.4 Å². The summed E-state index contributed by atoms with van der Waals surface area (Å²) in [7, 11) is -1.46. The minimum absolute atomic E-state index is 0.244. The van der Waals surface area contributed by atoms with Crippen LogP contribution in [-0.4, -0.2) is 32.4 Å². The predicted molar refractivity (Wildman–Crippen MR) is 78.8 cm³/mol. The number of nitrogens with zero attached hydrogens (tertiary/aromatic N) is 1. The molecule has 0 aliphatic heterocycles. The van der Waals surface area contributed by atoms with Crippen molar-refractivity contribution >= 4 is 10.0 Å². The lowest BCUT2D eigenvalue weighted by molar-refractivity contribution is 0.388. The summed E-state index contributed by atoms with van der Waals surface area (Å²) in [5.41, 5.74) is 1.01. The fraction of sp³-hybridized carbons (Fsp3) is 0.600. The highest BCUT2D eigenvalue weighted by Gasteiger charge is 2.41. The van der Waals surface area contributed by atoms with E-state index in [4.69, 9.17) is 0 Å². The summed E-state index contributed by atoms with van der Waals surface area (Å²) in [6.45, 7) is 1.40. The number of benzene rings is 1. The molecule has 0 unspecified atom stereocenters. The molecule has 0 radical (unpaired) electrons. The molecule has 2 fully saturated rings. The van der Waals surface area contributed by atoms with Crippen molar-refractivity contribution in [1.82, 2.24) is 9.62 Å². The Bertz CT molecular complexity index is 577. The maximum Gasteiger partial charge on any atom is 0.243 e. The Kier molecular flexibility index (Phi) is 3.84. The van der Waals surface area contributed by atoms with Crippen LogP contribution in [0.5, 0.6) is 0 Å². The second-order valence-electron chi connectivity index (χ2n) is 5.93. The van der Waals surface area contributed by atoms with E-state index in [1.54, 1.807) is 16.4 Å². The van der Waals surface area contributed by atoms with Crippen molar-refractivity contribution in [3.8, 4) is 0 Å². The Labute approximate surface area is 121 Å². The van der Waals surface area contributed by atoms with Crippen molar-refractivity contribution in [2.45, 2.75) is 43.2 Å². The highest BCUT2D eigenvalue weighted by Crippen LogP contribution is 2.38. The molecular formula is C15H22N2O2S. The summed E-state index contributed by atoms with van der Waals surface area (Å²) >= 11 is 0. The van der Waals surface area contributed by atoms with Crippen molar-refractivity contribution in [3.63, 3.8) is 0 Å². The topological polar surface area (TPSA) is 49.4 Å². The molecule has 20 heavy (non-hydrogen) atoms. The normalized spacial score (nSPS) is 19.5. The lowest BCUT2D eigenvalue weighted by atomic mass is 10.2. The van der Waals surface area contributed by atoms with Gasteiger partial charge in [-0.3, -0.25) is 0 Å². The lowest BCUT2D eigenvalue weighted by Crippen LogP contribution is -2.35. The summed E-state index contributed by atoms with van der Waals surface area (Å²) < 4.78 is 27.4. The summed E-state index contributed by atoms with van der Waals surface area (Å²) in [4.78, 5) is 0.442. The molecule has 4 nitrogen and oxygen atoms in total. The van der Waals surface area contributed by atoms with Gasteiger partial charge in [0.1, 0.15) is 0 Å². The molecule has 5 heteroatoms. The molecular weight excluding hydrogens is 272 g/mol. The maximum atomic E-state index is 12.8. The van der Waals surface area contributed by atoms with Crippen molar-refractivity contribution in [3.05, 3.63) is 29.8 Å². The van der Waals surface area contributed by atoms with E-state index in [1.165, 1.54) is 12.8 Å². The largest absolute Gasteiger partial charge is 0.316 e. The Morgan fingerprint density at radius 1 is 1.25 bits per heavy atom. The summed E-state index contributed by atoms with van der Waals surface area (Å²) in [6.07, 6.45) is 4.39. The van der Waals surface area contributed by atoms with Crippen LogP contribution in [0.25, 0.3) is 0 Å². The molecule has 0 spiro atoms. The first-order chi connectivity index (χ1) is 9.61. The SMILES string of the molecule is CNCc1cccc(S(=O)(=O)N(CC2CC2)C2CC2)c1. The van der Waals surface area contributed by atoms with Gasteiger partial charge in [-0.2, -0.15) is 4.31 Å². The van der Waals surface area contributed by atoms with Crippen molar-refractivity contribution in [2.24, 2.45) is 5.92 Å². The van der Waals surface area contributed by atoms with Crippen LogP contribution < -0.4 is 5.32 Å². The van der Waals surface area contributed by atoms with Crippen LogP contribution in [0.2, 0.25) is 0 Å². The average Bonchev–Trinajstić information content (AvgIpc) is 3.29. The molecule has 0 amide bonds. The molecule has 2 aliphatic carbocycles. The Morgan fingerprint density at radius 2 is 2.00 bits per heavy atom. The van der Waals surface area contributed by atoms with Gasteiger partial charge in [-0.15, -0.1) is 0 Å².